The summed E-state index contributed by atoms with van der Waals surface area (Å²) in [6, 6.07) is -0.826. The van der Waals surface area contributed by atoms with Crippen LogP contribution in [-0.2, 0) is 0 Å². The molecule has 7 heteroatoms. The van der Waals surface area contributed by atoms with Crippen LogP contribution in [0.5, 0.6) is 0 Å². The molecule has 0 bridgehead atoms. The SMILES string of the molecule is FC(F)(F)C(C[SiH3])C(F)(F)F. The molecule has 0 saturated heterocycles. The topological polar surface area (TPSA) is 0 Å². The number of hydrogen-bond donors (Lipinski definition) is 0. The lowest BCUT2D eigenvalue weighted by Crippen LogP contribution is -2.35. The summed E-state index contributed by atoms with van der Waals surface area (Å²) in [7, 11) is -0.106. The minimum absolute atomic E-state index is 0.106. The zero-order valence-electron chi connectivity index (χ0n) is 5.55. The summed E-state index contributed by atoms with van der Waals surface area (Å²) in [6.07, 6.45) is -10.3. The molecule has 0 nitrogen and oxygen atoms in total. The molecule has 0 aliphatic carbocycles. The van der Waals surface area contributed by atoms with E-state index in [0.717, 1.165) is 0 Å². The number of alkyl halides is 6. The third-order valence-electron chi connectivity index (χ3n) is 1.20. The largest absolute Gasteiger partial charge is 0.400 e. The quantitative estimate of drug-likeness (QED) is 0.440. The van der Waals surface area contributed by atoms with E-state index in [9.17, 15) is 26.3 Å². The molecule has 0 radical (unpaired) electrons. The molecule has 11 heavy (non-hydrogen) atoms. The van der Waals surface area contributed by atoms with E-state index >= 15 is 0 Å². The summed E-state index contributed by atoms with van der Waals surface area (Å²) in [5.74, 6) is -3.12. The maximum Gasteiger partial charge on any atom is 0.400 e. The molecule has 0 aromatic carbocycles. The summed E-state index contributed by atoms with van der Waals surface area (Å²) in [5.41, 5.74) is 0. The van der Waals surface area contributed by atoms with Crippen molar-refractivity contribution in [2.24, 2.45) is 5.92 Å². The molecule has 0 saturated carbocycles. The van der Waals surface area contributed by atoms with Gasteiger partial charge < -0.3 is 0 Å². The van der Waals surface area contributed by atoms with E-state index in [1.807, 2.05) is 0 Å². The minimum Gasteiger partial charge on any atom is -0.170 e. The van der Waals surface area contributed by atoms with Crippen LogP contribution in [0.25, 0.3) is 0 Å². The summed E-state index contributed by atoms with van der Waals surface area (Å²) >= 11 is 0. The molecule has 0 fully saturated rings. The molecule has 68 valence electrons. The molecular formula is C4H6F6Si. The molecule has 0 heterocycles. The van der Waals surface area contributed by atoms with Crippen molar-refractivity contribution < 1.29 is 26.3 Å². The van der Waals surface area contributed by atoms with Crippen LogP contribution in [0.2, 0.25) is 6.04 Å². The van der Waals surface area contributed by atoms with Crippen LogP contribution < -0.4 is 0 Å². The third kappa shape index (κ3) is 3.13. The fourth-order valence-corrected chi connectivity index (χ4v) is 1.57. The molecule has 0 unspecified atom stereocenters. The van der Waals surface area contributed by atoms with Crippen LogP contribution in [-0.4, -0.2) is 22.6 Å². The van der Waals surface area contributed by atoms with E-state index in [0.29, 0.717) is 0 Å². The second-order valence-corrected chi connectivity index (χ2v) is 2.86. The van der Waals surface area contributed by atoms with Crippen LogP contribution >= 0.6 is 0 Å². The lowest BCUT2D eigenvalue weighted by atomic mass is 10.1. The molecular weight excluding hydrogens is 190 g/mol. The summed E-state index contributed by atoms with van der Waals surface area (Å²) in [5, 5.41) is 0. The minimum atomic E-state index is -5.14. The van der Waals surface area contributed by atoms with Gasteiger partial charge in [0, 0.05) is 10.2 Å². The van der Waals surface area contributed by atoms with Gasteiger partial charge in [0.15, 0.2) is 0 Å². The van der Waals surface area contributed by atoms with Crippen molar-refractivity contribution >= 4 is 10.2 Å². The second kappa shape index (κ2) is 3.04. The Bertz CT molecular complexity index is 110. The van der Waals surface area contributed by atoms with E-state index < -0.39 is 24.3 Å². The summed E-state index contributed by atoms with van der Waals surface area (Å²) in [4.78, 5) is 0. The van der Waals surface area contributed by atoms with E-state index in [1.54, 1.807) is 0 Å². The number of hydrogen-bond acceptors (Lipinski definition) is 0. The van der Waals surface area contributed by atoms with Gasteiger partial charge >= 0.3 is 12.4 Å². The van der Waals surface area contributed by atoms with Gasteiger partial charge in [0.1, 0.15) is 5.92 Å². The van der Waals surface area contributed by atoms with Crippen molar-refractivity contribution in [2.45, 2.75) is 18.4 Å². The second-order valence-electron chi connectivity index (χ2n) is 2.04. The molecule has 0 aliphatic heterocycles. The van der Waals surface area contributed by atoms with Gasteiger partial charge in [-0.3, -0.25) is 0 Å². The van der Waals surface area contributed by atoms with Gasteiger partial charge in [0.05, 0.1) is 0 Å². The zero-order chi connectivity index (χ0) is 9.28. The number of halogens is 6. The zero-order valence-corrected chi connectivity index (χ0v) is 7.55. The lowest BCUT2D eigenvalue weighted by molar-refractivity contribution is -0.277. The van der Waals surface area contributed by atoms with Crippen molar-refractivity contribution in [1.29, 1.82) is 0 Å². The first-order valence-electron chi connectivity index (χ1n) is 2.83. The smallest absolute Gasteiger partial charge is 0.170 e. The highest BCUT2D eigenvalue weighted by Crippen LogP contribution is 2.40. The van der Waals surface area contributed by atoms with Crippen molar-refractivity contribution in [1.82, 2.24) is 0 Å². The fourth-order valence-electron chi connectivity index (χ4n) is 0.648. The lowest BCUT2D eigenvalue weighted by Gasteiger charge is -2.20. The third-order valence-corrected chi connectivity index (χ3v) is 2.01. The van der Waals surface area contributed by atoms with Gasteiger partial charge in [-0.25, -0.2) is 0 Å². The van der Waals surface area contributed by atoms with Gasteiger partial charge in [-0.2, -0.15) is 26.3 Å². The van der Waals surface area contributed by atoms with Crippen LogP contribution in [0, 0.1) is 5.92 Å². The van der Waals surface area contributed by atoms with Gasteiger partial charge in [0.25, 0.3) is 0 Å². The molecule has 0 aromatic rings. The Balaban J connectivity index is 4.43. The van der Waals surface area contributed by atoms with E-state index in [2.05, 4.69) is 0 Å². The Morgan fingerprint density at radius 3 is 1.18 bits per heavy atom. The molecule has 0 aliphatic rings. The van der Waals surface area contributed by atoms with Crippen LogP contribution in [0.15, 0.2) is 0 Å². The van der Waals surface area contributed by atoms with Crippen LogP contribution in [0.1, 0.15) is 0 Å². The molecule has 0 rings (SSSR count). The Morgan fingerprint density at radius 1 is 0.909 bits per heavy atom. The average Bonchev–Trinajstić information content (AvgIpc) is 1.56. The summed E-state index contributed by atoms with van der Waals surface area (Å²) in [6.45, 7) is 0. The van der Waals surface area contributed by atoms with Crippen LogP contribution in [0.4, 0.5) is 26.3 Å². The van der Waals surface area contributed by atoms with Crippen LogP contribution in [0.3, 0.4) is 0 Å². The Hall–Kier alpha value is -0.203. The highest BCUT2D eigenvalue weighted by molar-refractivity contribution is 6.08. The monoisotopic (exact) mass is 196 g/mol. The highest BCUT2D eigenvalue weighted by Gasteiger charge is 2.54. The maximum absolute atomic E-state index is 11.5. The molecule has 0 amide bonds. The molecule has 0 aromatic heterocycles. The Labute approximate surface area is 62.0 Å². The normalized spacial score (nSPS) is 14.5. The average molecular weight is 196 g/mol. The number of rotatable bonds is 1. The van der Waals surface area contributed by atoms with E-state index in [4.69, 9.17) is 0 Å². The molecule has 0 spiro atoms. The van der Waals surface area contributed by atoms with Gasteiger partial charge in [-0.1, -0.05) is 0 Å². The fraction of sp³-hybridized carbons (Fsp3) is 1.00. The van der Waals surface area contributed by atoms with E-state index in [-0.39, 0.29) is 10.2 Å². The van der Waals surface area contributed by atoms with Crippen molar-refractivity contribution in [3.05, 3.63) is 0 Å². The van der Waals surface area contributed by atoms with Gasteiger partial charge in [-0.05, 0) is 6.04 Å². The Morgan fingerprint density at radius 2 is 1.18 bits per heavy atom. The summed E-state index contributed by atoms with van der Waals surface area (Å²) < 4.78 is 69.1. The maximum atomic E-state index is 11.5. The Kier molecular flexibility index (Phi) is 2.98. The molecule has 0 N–H and O–H groups in total. The predicted octanol–water partition coefficient (Wildman–Crippen LogP) is 1.51. The predicted molar refractivity (Wildman–Crippen MR) is 30.3 cm³/mol. The van der Waals surface area contributed by atoms with Gasteiger partial charge in [0.2, 0.25) is 0 Å². The van der Waals surface area contributed by atoms with E-state index in [1.165, 1.54) is 0 Å². The first kappa shape index (κ1) is 10.8. The first-order valence-corrected chi connectivity index (χ1v) is 4.24. The van der Waals surface area contributed by atoms with Gasteiger partial charge in [-0.15, -0.1) is 0 Å². The van der Waals surface area contributed by atoms with Crippen molar-refractivity contribution in [3.63, 3.8) is 0 Å². The highest BCUT2D eigenvalue weighted by atomic mass is 28.1. The molecule has 0 atom stereocenters. The van der Waals surface area contributed by atoms with Crippen molar-refractivity contribution in [2.75, 3.05) is 0 Å². The van der Waals surface area contributed by atoms with Crippen molar-refractivity contribution in [3.8, 4) is 0 Å². The standard InChI is InChI=1S/C4H6F6Si/c5-3(6,7)2(1-11)4(8,9)10/h2H,1H2,11H3. The first-order chi connectivity index (χ1) is 4.69.